The third kappa shape index (κ3) is 3.25. The Labute approximate surface area is 162 Å². The van der Waals surface area contributed by atoms with Gasteiger partial charge < -0.3 is 0 Å². The Balaban J connectivity index is 1.83. The van der Waals surface area contributed by atoms with Crippen molar-refractivity contribution in [1.82, 2.24) is 19.2 Å². The van der Waals surface area contributed by atoms with Crippen molar-refractivity contribution in [2.45, 2.75) is 44.6 Å². The summed E-state index contributed by atoms with van der Waals surface area (Å²) in [5, 5.41) is 10.3. The second-order valence-corrected chi connectivity index (χ2v) is 7.82. The van der Waals surface area contributed by atoms with Crippen LogP contribution in [0.3, 0.4) is 0 Å². The van der Waals surface area contributed by atoms with Crippen molar-refractivity contribution in [1.29, 1.82) is 0 Å². The zero-order valence-corrected chi connectivity index (χ0v) is 16.6. The molecule has 2 aromatic heterocycles. The molecule has 4 rings (SSSR count). The van der Waals surface area contributed by atoms with E-state index < -0.39 is 0 Å². The molecule has 0 atom stereocenters. The number of hydrogen-bond donors (Lipinski definition) is 0. The number of thioether (sulfide) groups is 1. The van der Waals surface area contributed by atoms with Gasteiger partial charge in [0.15, 0.2) is 5.16 Å². The molecule has 0 saturated carbocycles. The van der Waals surface area contributed by atoms with E-state index in [1.807, 2.05) is 28.7 Å². The van der Waals surface area contributed by atoms with Crippen molar-refractivity contribution in [3.05, 3.63) is 69.5 Å². The lowest BCUT2D eigenvalue weighted by molar-refractivity contribution is 0.662. The van der Waals surface area contributed by atoms with E-state index in [1.54, 1.807) is 16.3 Å². The predicted octanol–water partition coefficient (Wildman–Crippen LogP) is 4.36. The number of fused-ring (bicyclic) bond motifs is 3. The molecule has 5 nitrogen and oxygen atoms in total. The Kier molecular flexibility index (Phi) is 4.74. The first-order chi connectivity index (χ1) is 13.1. The van der Waals surface area contributed by atoms with Crippen LogP contribution in [0.4, 0.5) is 0 Å². The summed E-state index contributed by atoms with van der Waals surface area (Å²) in [5.74, 6) is 1.42. The van der Waals surface area contributed by atoms with E-state index in [9.17, 15) is 4.79 Å². The Morgan fingerprint density at radius 2 is 1.78 bits per heavy atom. The molecule has 0 amide bonds. The molecule has 0 bridgehead atoms. The van der Waals surface area contributed by atoms with E-state index in [0.717, 1.165) is 22.8 Å². The molecule has 6 heteroatoms. The molecular formula is C21H22N4OS. The topological polar surface area (TPSA) is 52.2 Å². The largest absolute Gasteiger partial charge is 0.276 e. The highest BCUT2D eigenvalue weighted by Gasteiger charge is 2.16. The van der Waals surface area contributed by atoms with Gasteiger partial charge in [0.1, 0.15) is 0 Å². The summed E-state index contributed by atoms with van der Waals surface area (Å²) in [6.07, 6.45) is 0.867. The summed E-state index contributed by atoms with van der Waals surface area (Å²) in [6.45, 7) is 6.92. The van der Waals surface area contributed by atoms with Crippen molar-refractivity contribution < 1.29 is 0 Å². The van der Waals surface area contributed by atoms with Gasteiger partial charge in [-0.05, 0) is 38.0 Å². The minimum atomic E-state index is -0.00166. The third-order valence-corrected chi connectivity index (χ3v) is 5.57. The van der Waals surface area contributed by atoms with Crippen molar-refractivity contribution >= 4 is 28.4 Å². The fourth-order valence-electron chi connectivity index (χ4n) is 3.55. The van der Waals surface area contributed by atoms with E-state index >= 15 is 0 Å². The van der Waals surface area contributed by atoms with Crippen LogP contribution in [0.2, 0.25) is 0 Å². The maximum Gasteiger partial charge on any atom is 0.262 e. The summed E-state index contributed by atoms with van der Waals surface area (Å²) >= 11 is 1.65. The fourth-order valence-corrected chi connectivity index (χ4v) is 4.42. The van der Waals surface area contributed by atoms with E-state index in [1.165, 1.54) is 16.7 Å². The summed E-state index contributed by atoms with van der Waals surface area (Å²) < 4.78 is 3.75. The second kappa shape index (κ2) is 7.19. The number of para-hydroxylation sites is 1. The first-order valence-electron chi connectivity index (χ1n) is 9.15. The molecule has 27 heavy (non-hydrogen) atoms. The highest BCUT2D eigenvalue weighted by molar-refractivity contribution is 7.98. The average Bonchev–Trinajstić information content (AvgIpc) is 3.07. The number of nitrogens with zero attached hydrogens (tertiary/aromatic N) is 4. The van der Waals surface area contributed by atoms with Gasteiger partial charge in [-0.2, -0.15) is 0 Å². The maximum atomic E-state index is 12.9. The molecule has 0 aliphatic heterocycles. The Bertz CT molecular complexity index is 1170. The van der Waals surface area contributed by atoms with Crippen LogP contribution < -0.4 is 5.56 Å². The molecule has 0 aliphatic rings. The van der Waals surface area contributed by atoms with Gasteiger partial charge in [0.2, 0.25) is 5.78 Å². The molecule has 0 unspecified atom stereocenters. The summed E-state index contributed by atoms with van der Waals surface area (Å²) in [4.78, 5) is 12.9. The molecule has 2 aromatic carbocycles. The molecule has 0 N–H and O–H groups in total. The number of benzene rings is 2. The minimum absolute atomic E-state index is 0.00166. The summed E-state index contributed by atoms with van der Waals surface area (Å²) in [7, 11) is 0. The van der Waals surface area contributed by atoms with Crippen molar-refractivity contribution in [3.63, 3.8) is 0 Å². The SMILES string of the molecule is CCCn1c(=O)c2ccccc2n2c(SCc3cc(C)cc(C)c3)nnc12. The first kappa shape index (κ1) is 17.8. The average molecular weight is 379 g/mol. The van der Waals surface area contributed by atoms with Gasteiger partial charge in [-0.1, -0.05) is 60.1 Å². The summed E-state index contributed by atoms with van der Waals surface area (Å²) in [6, 6.07) is 14.3. The third-order valence-electron chi connectivity index (χ3n) is 4.57. The fraction of sp³-hybridized carbons (Fsp3) is 0.286. The Morgan fingerprint density at radius 1 is 1.04 bits per heavy atom. The smallest absolute Gasteiger partial charge is 0.262 e. The van der Waals surface area contributed by atoms with Crippen molar-refractivity contribution in [2.24, 2.45) is 0 Å². The van der Waals surface area contributed by atoms with Crippen molar-refractivity contribution in [3.8, 4) is 0 Å². The number of aromatic nitrogens is 4. The standard InChI is InChI=1S/C21H22N4OS/c1-4-9-24-19(26)17-7-5-6-8-18(17)25-20(24)22-23-21(25)27-13-16-11-14(2)10-15(3)12-16/h5-8,10-12H,4,9,13H2,1-3H3. The van der Waals surface area contributed by atoms with E-state index in [0.29, 0.717) is 17.7 Å². The molecule has 2 heterocycles. The van der Waals surface area contributed by atoms with E-state index in [-0.39, 0.29) is 5.56 Å². The Hall–Kier alpha value is -2.60. The zero-order valence-electron chi connectivity index (χ0n) is 15.8. The molecule has 0 spiro atoms. The summed E-state index contributed by atoms with van der Waals surface area (Å²) in [5.41, 5.74) is 4.65. The lowest BCUT2D eigenvalue weighted by atomic mass is 10.1. The highest BCUT2D eigenvalue weighted by atomic mass is 32.2. The second-order valence-electron chi connectivity index (χ2n) is 6.88. The lowest BCUT2D eigenvalue weighted by Gasteiger charge is -2.10. The van der Waals surface area contributed by atoms with Crippen LogP contribution in [0.1, 0.15) is 30.0 Å². The van der Waals surface area contributed by atoms with Gasteiger partial charge in [0.05, 0.1) is 10.9 Å². The minimum Gasteiger partial charge on any atom is -0.276 e. The van der Waals surface area contributed by atoms with Crippen LogP contribution in [0.5, 0.6) is 0 Å². The van der Waals surface area contributed by atoms with Crippen LogP contribution in [0.15, 0.2) is 52.4 Å². The van der Waals surface area contributed by atoms with Crippen LogP contribution >= 0.6 is 11.8 Å². The monoisotopic (exact) mass is 378 g/mol. The van der Waals surface area contributed by atoms with Gasteiger partial charge in [0.25, 0.3) is 5.56 Å². The predicted molar refractivity (Wildman–Crippen MR) is 111 cm³/mol. The molecule has 0 saturated heterocycles. The lowest BCUT2D eigenvalue weighted by Crippen LogP contribution is -2.23. The van der Waals surface area contributed by atoms with Gasteiger partial charge in [-0.15, -0.1) is 10.2 Å². The quantitative estimate of drug-likeness (QED) is 0.484. The van der Waals surface area contributed by atoms with Crippen LogP contribution in [-0.4, -0.2) is 19.2 Å². The van der Waals surface area contributed by atoms with Gasteiger partial charge in [0, 0.05) is 12.3 Å². The molecule has 0 fully saturated rings. The molecule has 0 aliphatic carbocycles. The molecular weight excluding hydrogens is 356 g/mol. The number of aryl methyl sites for hydroxylation is 3. The van der Waals surface area contributed by atoms with E-state index in [2.05, 4.69) is 49.2 Å². The van der Waals surface area contributed by atoms with E-state index in [4.69, 9.17) is 0 Å². The zero-order chi connectivity index (χ0) is 19.0. The van der Waals surface area contributed by atoms with Crippen LogP contribution in [0, 0.1) is 13.8 Å². The highest BCUT2D eigenvalue weighted by Crippen LogP contribution is 2.25. The normalized spacial score (nSPS) is 11.5. The van der Waals surface area contributed by atoms with Crippen LogP contribution in [-0.2, 0) is 12.3 Å². The van der Waals surface area contributed by atoms with Gasteiger partial charge >= 0.3 is 0 Å². The Morgan fingerprint density at radius 3 is 2.52 bits per heavy atom. The van der Waals surface area contributed by atoms with Gasteiger partial charge in [-0.3, -0.25) is 13.8 Å². The van der Waals surface area contributed by atoms with Crippen LogP contribution in [0.25, 0.3) is 16.7 Å². The van der Waals surface area contributed by atoms with Gasteiger partial charge in [-0.25, -0.2) is 0 Å². The molecule has 4 aromatic rings. The van der Waals surface area contributed by atoms with Crippen molar-refractivity contribution in [2.75, 3.05) is 0 Å². The molecule has 138 valence electrons. The molecule has 0 radical (unpaired) electrons. The first-order valence-corrected chi connectivity index (χ1v) is 10.1. The maximum absolute atomic E-state index is 12.9. The number of rotatable bonds is 5. The number of hydrogen-bond acceptors (Lipinski definition) is 4.